The van der Waals surface area contributed by atoms with Gasteiger partial charge in [-0.15, -0.1) is 0 Å². The van der Waals surface area contributed by atoms with Gasteiger partial charge in [0, 0.05) is 0 Å². The highest BCUT2D eigenvalue weighted by Gasteiger charge is 2.19. The van der Waals surface area contributed by atoms with Gasteiger partial charge >= 0.3 is 0 Å². The first-order chi connectivity index (χ1) is 7.31. The van der Waals surface area contributed by atoms with E-state index in [1.807, 2.05) is 6.92 Å². The van der Waals surface area contributed by atoms with Gasteiger partial charge in [-0.25, -0.2) is 9.97 Å². The molecule has 1 saturated carbocycles. The molecule has 0 saturated heterocycles. The van der Waals surface area contributed by atoms with Crippen LogP contribution in [0.25, 0.3) is 0 Å². The molecule has 1 fully saturated rings. The van der Waals surface area contributed by atoms with Gasteiger partial charge in [0.25, 0.3) is 0 Å². The van der Waals surface area contributed by atoms with Crippen molar-refractivity contribution >= 4 is 5.82 Å². The summed E-state index contributed by atoms with van der Waals surface area (Å²) in [5.74, 6) is 1.22. The smallest absolute Gasteiger partial charge is 0.222 e. The van der Waals surface area contributed by atoms with E-state index in [1.165, 1.54) is 19.2 Å². The predicted octanol–water partition coefficient (Wildman–Crippen LogP) is 1.94. The first-order valence-electron chi connectivity index (χ1n) is 5.57. The third-order valence-corrected chi connectivity index (χ3v) is 2.87. The van der Waals surface area contributed by atoms with E-state index in [0.717, 1.165) is 24.8 Å². The standard InChI is InChI=1S/C11H17N3O/c1-2-9-10(12)13-7-14-11(9)15-8-5-3-4-6-8/h7-8H,2-6H2,1H3,(H2,12,13,14). The van der Waals surface area contributed by atoms with Crippen LogP contribution < -0.4 is 10.5 Å². The molecule has 0 aromatic carbocycles. The fraction of sp³-hybridized carbons (Fsp3) is 0.636. The summed E-state index contributed by atoms with van der Waals surface area (Å²) in [5, 5.41) is 0. The molecule has 1 aromatic rings. The summed E-state index contributed by atoms with van der Waals surface area (Å²) in [4.78, 5) is 8.13. The minimum atomic E-state index is 0.324. The lowest BCUT2D eigenvalue weighted by molar-refractivity contribution is 0.199. The molecule has 1 aliphatic rings. The zero-order chi connectivity index (χ0) is 10.7. The Morgan fingerprint density at radius 1 is 1.40 bits per heavy atom. The Morgan fingerprint density at radius 2 is 2.13 bits per heavy atom. The van der Waals surface area contributed by atoms with Crippen LogP contribution >= 0.6 is 0 Å². The minimum Gasteiger partial charge on any atom is -0.474 e. The fourth-order valence-electron chi connectivity index (χ4n) is 2.01. The second kappa shape index (κ2) is 4.47. The molecule has 0 aliphatic heterocycles. The van der Waals surface area contributed by atoms with Crippen LogP contribution in [0, 0.1) is 0 Å². The molecule has 0 atom stereocenters. The van der Waals surface area contributed by atoms with Gasteiger partial charge in [0.05, 0.1) is 5.56 Å². The molecular weight excluding hydrogens is 190 g/mol. The van der Waals surface area contributed by atoms with Gasteiger partial charge < -0.3 is 10.5 Å². The summed E-state index contributed by atoms with van der Waals surface area (Å²) in [5.41, 5.74) is 6.71. The zero-order valence-corrected chi connectivity index (χ0v) is 9.07. The Labute approximate surface area is 89.9 Å². The van der Waals surface area contributed by atoms with Crippen LogP contribution in [-0.4, -0.2) is 16.1 Å². The number of anilines is 1. The molecular formula is C11H17N3O. The maximum atomic E-state index is 5.85. The van der Waals surface area contributed by atoms with Crippen LogP contribution in [0.15, 0.2) is 6.33 Å². The third-order valence-electron chi connectivity index (χ3n) is 2.87. The van der Waals surface area contributed by atoms with E-state index in [-0.39, 0.29) is 0 Å². The SMILES string of the molecule is CCc1c(N)ncnc1OC1CCCC1. The molecule has 1 heterocycles. The Bertz CT molecular complexity index is 335. The largest absolute Gasteiger partial charge is 0.474 e. The number of nitrogens with zero attached hydrogens (tertiary/aromatic N) is 2. The lowest BCUT2D eigenvalue weighted by Gasteiger charge is -2.15. The maximum Gasteiger partial charge on any atom is 0.222 e. The molecule has 15 heavy (non-hydrogen) atoms. The molecule has 4 heteroatoms. The van der Waals surface area contributed by atoms with Crippen molar-refractivity contribution in [2.24, 2.45) is 0 Å². The van der Waals surface area contributed by atoms with Crippen molar-refractivity contribution in [2.75, 3.05) is 5.73 Å². The summed E-state index contributed by atoms with van der Waals surface area (Å²) in [6, 6.07) is 0. The van der Waals surface area contributed by atoms with Crippen LogP contribution in [0.5, 0.6) is 5.88 Å². The van der Waals surface area contributed by atoms with E-state index in [2.05, 4.69) is 9.97 Å². The van der Waals surface area contributed by atoms with Crippen molar-refractivity contribution in [3.63, 3.8) is 0 Å². The van der Waals surface area contributed by atoms with E-state index in [9.17, 15) is 0 Å². The number of nitrogen functional groups attached to an aromatic ring is 1. The first kappa shape index (κ1) is 10.2. The van der Waals surface area contributed by atoms with Crippen LogP contribution in [0.4, 0.5) is 5.82 Å². The fourth-order valence-corrected chi connectivity index (χ4v) is 2.01. The summed E-state index contributed by atoms with van der Waals surface area (Å²) in [6.07, 6.45) is 7.39. The van der Waals surface area contributed by atoms with Crippen LogP contribution in [0.2, 0.25) is 0 Å². The molecule has 1 aliphatic carbocycles. The van der Waals surface area contributed by atoms with E-state index in [1.54, 1.807) is 0 Å². The minimum absolute atomic E-state index is 0.324. The van der Waals surface area contributed by atoms with Gasteiger partial charge in [-0.2, -0.15) is 0 Å². The van der Waals surface area contributed by atoms with Gasteiger partial charge in [0.1, 0.15) is 18.2 Å². The number of hydrogen-bond donors (Lipinski definition) is 1. The van der Waals surface area contributed by atoms with Crippen molar-refractivity contribution in [1.29, 1.82) is 0 Å². The van der Waals surface area contributed by atoms with Gasteiger partial charge in [0.15, 0.2) is 0 Å². The number of rotatable bonds is 3. The Balaban J connectivity index is 2.15. The molecule has 0 radical (unpaired) electrons. The highest BCUT2D eigenvalue weighted by Crippen LogP contribution is 2.26. The average molecular weight is 207 g/mol. The van der Waals surface area contributed by atoms with Crippen LogP contribution in [0.1, 0.15) is 38.2 Å². The van der Waals surface area contributed by atoms with Crippen LogP contribution in [-0.2, 0) is 6.42 Å². The Kier molecular flexibility index (Phi) is 3.04. The lowest BCUT2D eigenvalue weighted by atomic mass is 10.2. The van der Waals surface area contributed by atoms with Crippen molar-refractivity contribution in [3.05, 3.63) is 11.9 Å². The van der Waals surface area contributed by atoms with Gasteiger partial charge in [-0.3, -0.25) is 0 Å². The molecule has 82 valence electrons. The highest BCUT2D eigenvalue weighted by molar-refractivity contribution is 5.44. The summed E-state index contributed by atoms with van der Waals surface area (Å²) in [7, 11) is 0. The first-order valence-corrected chi connectivity index (χ1v) is 5.57. The quantitative estimate of drug-likeness (QED) is 0.822. The van der Waals surface area contributed by atoms with Crippen molar-refractivity contribution in [1.82, 2.24) is 9.97 Å². The van der Waals surface area contributed by atoms with E-state index in [0.29, 0.717) is 17.8 Å². The van der Waals surface area contributed by atoms with Crippen molar-refractivity contribution < 1.29 is 4.74 Å². The molecule has 2 rings (SSSR count). The summed E-state index contributed by atoms with van der Waals surface area (Å²) < 4.78 is 5.85. The molecule has 1 aromatic heterocycles. The predicted molar refractivity (Wildman–Crippen MR) is 58.7 cm³/mol. The molecule has 0 amide bonds. The van der Waals surface area contributed by atoms with Crippen molar-refractivity contribution in [3.8, 4) is 5.88 Å². The second-order valence-electron chi connectivity index (χ2n) is 3.92. The van der Waals surface area contributed by atoms with E-state index >= 15 is 0 Å². The van der Waals surface area contributed by atoms with Crippen molar-refractivity contribution in [2.45, 2.75) is 45.1 Å². The summed E-state index contributed by atoms with van der Waals surface area (Å²) in [6.45, 7) is 2.04. The van der Waals surface area contributed by atoms with E-state index in [4.69, 9.17) is 10.5 Å². The van der Waals surface area contributed by atoms with Crippen LogP contribution in [0.3, 0.4) is 0 Å². The number of hydrogen-bond acceptors (Lipinski definition) is 4. The number of ether oxygens (including phenoxy) is 1. The third kappa shape index (κ3) is 2.19. The molecule has 2 N–H and O–H groups in total. The number of aromatic nitrogens is 2. The second-order valence-corrected chi connectivity index (χ2v) is 3.92. The molecule has 0 unspecified atom stereocenters. The summed E-state index contributed by atoms with van der Waals surface area (Å²) >= 11 is 0. The van der Waals surface area contributed by atoms with Gasteiger partial charge in [-0.05, 0) is 32.1 Å². The molecule has 0 spiro atoms. The van der Waals surface area contributed by atoms with E-state index < -0.39 is 0 Å². The normalized spacial score (nSPS) is 16.9. The highest BCUT2D eigenvalue weighted by atomic mass is 16.5. The Morgan fingerprint density at radius 3 is 2.80 bits per heavy atom. The topological polar surface area (TPSA) is 61.0 Å². The van der Waals surface area contributed by atoms with Gasteiger partial charge in [-0.1, -0.05) is 6.92 Å². The maximum absolute atomic E-state index is 5.85. The Hall–Kier alpha value is -1.32. The number of nitrogens with two attached hydrogens (primary N) is 1. The zero-order valence-electron chi connectivity index (χ0n) is 9.07. The van der Waals surface area contributed by atoms with Gasteiger partial charge in [0.2, 0.25) is 5.88 Å². The lowest BCUT2D eigenvalue weighted by Crippen LogP contribution is -2.14. The monoisotopic (exact) mass is 207 g/mol. The average Bonchev–Trinajstić information content (AvgIpc) is 2.71. The molecule has 0 bridgehead atoms. The molecule has 4 nitrogen and oxygen atoms in total.